The monoisotopic (exact) mass is 552 g/mol. The summed E-state index contributed by atoms with van der Waals surface area (Å²) in [6.07, 6.45) is 25.4. The van der Waals surface area contributed by atoms with E-state index in [1.165, 1.54) is 123 Å². The van der Waals surface area contributed by atoms with Gasteiger partial charge in [0.25, 0.3) is 0 Å². The summed E-state index contributed by atoms with van der Waals surface area (Å²) in [6, 6.07) is 21.5. The number of aromatic nitrogens is 2. The highest BCUT2D eigenvalue weighted by Crippen LogP contribution is 2.20. The molecule has 4 aromatic rings. The smallest absolute Gasteiger partial charge is 0.0481 e. The highest BCUT2D eigenvalue weighted by atomic mass is 35.5. The Balaban J connectivity index is 0.00000253. The van der Waals surface area contributed by atoms with Crippen LogP contribution < -0.4 is 0 Å². The van der Waals surface area contributed by atoms with Gasteiger partial charge >= 0.3 is 0 Å². The molecule has 0 atom stereocenters. The Kier molecular flexibility index (Phi) is 16.0. The van der Waals surface area contributed by atoms with Gasteiger partial charge in [0.1, 0.15) is 0 Å². The molecule has 0 amide bonds. The fourth-order valence-corrected chi connectivity index (χ4v) is 5.47. The lowest BCUT2D eigenvalue weighted by Gasteiger charge is -2.06. The van der Waals surface area contributed by atoms with Gasteiger partial charge in [-0.05, 0) is 48.6 Å². The van der Waals surface area contributed by atoms with E-state index in [0.29, 0.717) is 0 Å². The molecular formula is C34H46Cl2N2. The lowest BCUT2D eigenvalue weighted by Crippen LogP contribution is -1.92. The molecule has 0 radical (unpaired) electrons. The molecular weight excluding hydrogens is 507 g/mol. The standard InChI is InChI=1S/C34H44N2.2ClH/c1(3-5-7-9-11-13-23-33-31-21-17-15-19-29(31)25-27-35-33)2-4-6-8-10-12-14-24-34-32-22-18-16-20-30(32)26-28-36-34;;/h15-22,25-28H,1-14,23-24H2;2*1H. The summed E-state index contributed by atoms with van der Waals surface area (Å²) in [5, 5.41) is 5.30. The molecule has 0 unspecified atom stereocenters. The average molecular weight is 554 g/mol. The van der Waals surface area contributed by atoms with Crippen molar-refractivity contribution in [2.75, 3.05) is 0 Å². The minimum absolute atomic E-state index is 0. The lowest BCUT2D eigenvalue weighted by molar-refractivity contribution is 0.532. The topological polar surface area (TPSA) is 25.8 Å². The first-order valence-corrected chi connectivity index (χ1v) is 14.6. The van der Waals surface area contributed by atoms with Crippen LogP contribution in [-0.2, 0) is 12.8 Å². The van der Waals surface area contributed by atoms with E-state index in [0.717, 1.165) is 12.8 Å². The highest BCUT2D eigenvalue weighted by Gasteiger charge is 2.03. The molecule has 2 nitrogen and oxygen atoms in total. The molecule has 0 fully saturated rings. The number of nitrogens with zero attached hydrogens (tertiary/aromatic N) is 2. The number of hydrogen-bond acceptors (Lipinski definition) is 2. The zero-order chi connectivity index (χ0) is 24.7. The zero-order valence-corrected chi connectivity index (χ0v) is 24.6. The first kappa shape index (κ1) is 32.1. The highest BCUT2D eigenvalue weighted by molar-refractivity contribution is 5.86. The van der Waals surface area contributed by atoms with E-state index in [9.17, 15) is 0 Å². The zero-order valence-electron chi connectivity index (χ0n) is 23.0. The van der Waals surface area contributed by atoms with Crippen LogP contribution in [0.1, 0.15) is 101 Å². The Bertz CT molecular complexity index is 1070. The quantitative estimate of drug-likeness (QED) is 0.122. The van der Waals surface area contributed by atoms with E-state index >= 15 is 0 Å². The molecule has 0 saturated heterocycles. The van der Waals surface area contributed by atoms with Gasteiger partial charge in [0, 0.05) is 34.6 Å². The van der Waals surface area contributed by atoms with Crippen molar-refractivity contribution in [3.05, 3.63) is 84.4 Å². The third kappa shape index (κ3) is 10.5. The number of unbranched alkanes of at least 4 members (excludes halogenated alkanes) is 13. The maximum absolute atomic E-state index is 4.63. The van der Waals surface area contributed by atoms with Gasteiger partial charge in [-0.25, -0.2) is 0 Å². The Morgan fingerprint density at radius 3 is 1.05 bits per heavy atom. The number of benzene rings is 2. The molecule has 2 aromatic heterocycles. The van der Waals surface area contributed by atoms with Crippen molar-refractivity contribution in [1.29, 1.82) is 0 Å². The van der Waals surface area contributed by atoms with Crippen molar-refractivity contribution in [2.24, 2.45) is 0 Å². The summed E-state index contributed by atoms with van der Waals surface area (Å²) < 4.78 is 0. The van der Waals surface area contributed by atoms with Gasteiger partial charge in [0.2, 0.25) is 0 Å². The Morgan fingerprint density at radius 2 is 0.684 bits per heavy atom. The molecule has 2 heterocycles. The van der Waals surface area contributed by atoms with E-state index in [1.54, 1.807) is 0 Å². The number of halogens is 2. The number of fused-ring (bicyclic) bond motifs is 2. The van der Waals surface area contributed by atoms with E-state index in [4.69, 9.17) is 0 Å². The third-order valence-corrected chi connectivity index (χ3v) is 7.59. The van der Waals surface area contributed by atoms with Gasteiger partial charge in [-0.1, -0.05) is 126 Å². The molecule has 0 aliphatic heterocycles. The van der Waals surface area contributed by atoms with Crippen LogP contribution >= 0.6 is 24.8 Å². The molecule has 2 aromatic carbocycles. The van der Waals surface area contributed by atoms with Crippen molar-refractivity contribution in [3.63, 3.8) is 0 Å². The first-order valence-electron chi connectivity index (χ1n) is 14.6. The second kappa shape index (κ2) is 19.0. The van der Waals surface area contributed by atoms with Crippen molar-refractivity contribution < 1.29 is 0 Å². The predicted molar refractivity (Wildman–Crippen MR) is 170 cm³/mol. The van der Waals surface area contributed by atoms with Crippen LogP contribution in [0.2, 0.25) is 0 Å². The van der Waals surface area contributed by atoms with Gasteiger partial charge in [0.15, 0.2) is 0 Å². The van der Waals surface area contributed by atoms with Crippen molar-refractivity contribution in [3.8, 4) is 0 Å². The Labute approximate surface area is 242 Å². The summed E-state index contributed by atoms with van der Waals surface area (Å²) in [5.41, 5.74) is 2.55. The maximum atomic E-state index is 4.63. The third-order valence-electron chi connectivity index (χ3n) is 7.59. The minimum atomic E-state index is 0. The number of aryl methyl sites for hydroxylation is 2. The molecule has 38 heavy (non-hydrogen) atoms. The fraction of sp³-hybridized carbons (Fsp3) is 0.471. The molecule has 0 aliphatic rings. The fourth-order valence-electron chi connectivity index (χ4n) is 5.47. The Morgan fingerprint density at radius 1 is 0.368 bits per heavy atom. The van der Waals surface area contributed by atoms with Crippen LogP contribution in [0.4, 0.5) is 0 Å². The van der Waals surface area contributed by atoms with Crippen molar-refractivity contribution in [2.45, 2.75) is 103 Å². The van der Waals surface area contributed by atoms with Crippen LogP contribution in [-0.4, -0.2) is 9.97 Å². The maximum Gasteiger partial charge on any atom is 0.0481 e. The van der Waals surface area contributed by atoms with Crippen LogP contribution in [0.5, 0.6) is 0 Å². The van der Waals surface area contributed by atoms with Crippen LogP contribution in [0, 0.1) is 0 Å². The normalized spacial score (nSPS) is 10.8. The summed E-state index contributed by atoms with van der Waals surface area (Å²) in [7, 11) is 0. The van der Waals surface area contributed by atoms with Gasteiger partial charge in [0.05, 0.1) is 0 Å². The van der Waals surface area contributed by atoms with Crippen molar-refractivity contribution >= 4 is 46.4 Å². The van der Waals surface area contributed by atoms with Crippen LogP contribution in [0.3, 0.4) is 0 Å². The largest absolute Gasteiger partial charge is 0.261 e. The van der Waals surface area contributed by atoms with E-state index in [-0.39, 0.29) is 24.8 Å². The molecule has 0 aliphatic carbocycles. The molecule has 0 saturated carbocycles. The minimum Gasteiger partial charge on any atom is -0.261 e. The second-order valence-electron chi connectivity index (χ2n) is 10.4. The van der Waals surface area contributed by atoms with Crippen LogP contribution in [0.25, 0.3) is 21.5 Å². The van der Waals surface area contributed by atoms with E-state index in [1.807, 2.05) is 12.4 Å². The van der Waals surface area contributed by atoms with Gasteiger partial charge in [-0.15, -0.1) is 24.8 Å². The Hall–Kier alpha value is -2.16. The van der Waals surface area contributed by atoms with Crippen LogP contribution in [0.15, 0.2) is 73.1 Å². The molecule has 4 rings (SSSR count). The summed E-state index contributed by atoms with van der Waals surface area (Å²) in [6.45, 7) is 0. The first-order chi connectivity index (χ1) is 17.9. The number of rotatable bonds is 17. The molecule has 0 N–H and O–H groups in total. The number of hydrogen-bond donors (Lipinski definition) is 0. The van der Waals surface area contributed by atoms with Crippen molar-refractivity contribution in [1.82, 2.24) is 9.97 Å². The number of pyridine rings is 2. The molecule has 4 heteroatoms. The van der Waals surface area contributed by atoms with Gasteiger partial charge in [-0.2, -0.15) is 0 Å². The SMILES string of the molecule is Cl.Cl.c1ccc2c(CCCCCCCCCCCCCCCCc3nccc4ccccc34)nccc2c1. The molecule has 0 spiro atoms. The van der Waals surface area contributed by atoms with E-state index < -0.39 is 0 Å². The predicted octanol–water partition coefficient (Wildman–Crippen LogP) is 10.9. The average Bonchev–Trinajstić information content (AvgIpc) is 2.93. The van der Waals surface area contributed by atoms with E-state index in [2.05, 4.69) is 70.6 Å². The van der Waals surface area contributed by atoms with Gasteiger partial charge in [-0.3, -0.25) is 9.97 Å². The summed E-state index contributed by atoms with van der Waals surface area (Å²) in [5.74, 6) is 0. The molecule has 206 valence electrons. The summed E-state index contributed by atoms with van der Waals surface area (Å²) in [4.78, 5) is 9.26. The molecule has 0 bridgehead atoms. The second-order valence-corrected chi connectivity index (χ2v) is 10.4. The summed E-state index contributed by atoms with van der Waals surface area (Å²) >= 11 is 0. The van der Waals surface area contributed by atoms with Gasteiger partial charge < -0.3 is 0 Å². The lowest BCUT2D eigenvalue weighted by atomic mass is 10.0.